The molecule has 3 aliphatic rings. The highest BCUT2D eigenvalue weighted by atomic mass is 19.3. The fourth-order valence-corrected chi connectivity index (χ4v) is 4.38. The lowest BCUT2D eigenvalue weighted by Crippen LogP contribution is -2.58. The number of rotatable bonds is 3. The summed E-state index contributed by atoms with van der Waals surface area (Å²) in [5.74, 6) is 1.08. The van der Waals surface area contributed by atoms with Gasteiger partial charge in [0.25, 0.3) is 0 Å². The summed E-state index contributed by atoms with van der Waals surface area (Å²) in [6.07, 6.45) is 2.47. The maximum atomic E-state index is 12.4. The average molecular weight is 385 g/mol. The molecule has 2 aromatic rings. The van der Waals surface area contributed by atoms with Crippen molar-refractivity contribution >= 4 is 5.71 Å². The Morgan fingerprint density at radius 1 is 1.11 bits per heavy atom. The predicted octanol–water partition coefficient (Wildman–Crippen LogP) is 3.91. The fourth-order valence-electron chi connectivity index (χ4n) is 4.38. The van der Waals surface area contributed by atoms with Crippen LogP contribution in [0.1, 0.15) is 36.4 Å². The zero-order valence-corrected chi connectivity index (χ0v) is 15.3. The van der Waals surface area contributed by atoms with Gasteiger partial charge in [0.05, 0.1) is 11.8 Å². The van der Waals surface area contributed by atoms with Crippen LogP contribution in [0.2, 0.25) is 0 Å². The largest absolute Gasteiger partial charge is 0.466 e. The number of hydrogen-bond donors (Lipinski definition) is 1. The Labute approximate surface area is 161 Å². The minimum atomic E-state index is -2.82. The normalized spacial score (nSPS) is 22.5. The van der Waals surface area contributed by atoms with Gasteiger partial charge in [0.1, 0.15) is 11.5 Å². The van der Waals surface area contributed by atoms with Gasteiger partial charge in [-0.25, -0.2) is 5.01 Å². The molecule has 1 spiro atoms. The molecule has 2 aromatic carbocycles. The summed E-state index contributed by atoms with van der Waals surface area (Å²) < 4.78 is 35.7. The van der Waals surface area contributed by atoms with E-state index in [1.54, 1.807) is 24.3 Å². The SMILES string of the molecule is FC(F)Oc1ccc(C2=NN3C(C2)c2ccccc2OC32CCNCC2)cc1. The van der Waals surface area contributed by atoms with E-state index in [0.29, 0.717) is 0 Å². The van der Waals surface area contributed by atoms with E-state index in [4.69, 9.17) is 9.84 Å². The third kappa shape index (κ3) is 2.90. The zero-order chi connectivity index (χ0) is 19.1. The van der Waals surface area contributed by atoms with Gasteiger partial charge in [0.15, 0.2) is 0 Å². The second-order valence-corrected chi connectivity index (χ2v) is 7.35. The molecule has 7 heteroatoms. The molecule has 1 saturated heterocycles. The van der Waals surface area contributed by atoms with Crippen molar-refractivity contribution in [2.24, 2.45) is 5.10 Å². The van der Waals surface area contributed by atoms with Crippen molar-refractivity contribution in [1.82, 2.24) is 10.3 Å². The summed E-state index contributed by atoms with van der Waals surface area (Å²) in [6.45, 7) is -1.05. The summed E-state index contributed by atoms with van der Waals surface area (Å²) >= 11 is 0. The number of para-hydroxylation sites is 1. The Morgan fingerprint density at radius 2 is 1.86 bits per heavy atom. The van der Waals surface area contributed by atoms with Crippen LogP contribution in [0.3, 0.4) is 0 Å². The van der Waals surface area contributed by atoms with Crippen LogP contribution in [0.15, 0.2) is 53.6 Å². The average Bonchev–Trinajstić information content (AvgIpc) is 3.16. The Bertz CT molecular complexity index is 895. The van der Waals surface area contributed by atoms with Crippen molar-refractivity contribution in [3.05, 3.63) is 59.7 Å². The van der Waals surface area contributed by atoms with Crippen LogP contribution in [0, 0.1) is 0 Å². The van der Waals surface area contributed by atoms with Gasteiger partial charge in [-0.2, -0.15) is 13.9 Å². The van der Waals surface area contributed by atoms with Gasteiger partial charge < -0.3 is 14.8 Å². The number of piperidine rings is 1. The Kier molecular flexibility index (Phi) is 4.19. The minimum Gasteiger partial charge on any atom is -0.466 e. The van der Waals surface area contributed by atoms with E-state index >= 15 is 0 Å². The smallest absolute Gasteiger partial charge is 0.387 e. The topological polar surface area (TPSA) is 46.1 Å². The lowest BCUT2D eigenvalue weighted by atomic mass is 9.91. The molecule has 5 rings (SSSR count). The summed E-state index contributed by atoms with van der Waals surface area (Å²) in [5.41, 5.74) is 2.55. The maximum Gasteiger partial charge on any atom is 0.387 e. The van der Waals surface area contributed by atoms with Crippen molar-refractivity contribution in [2.45, 2.75) is 37.6 Å². The third-order valence-electron chi connectivity index (χ3n) is 5.70. The van der Waals surface area contributed by atoms with Crippen molar-refractivity contribution in [3.8, 4) is 11.5 Å². The molecule has 0 saturated carbocycles. The molecule has 1 unspecified atom stereocenters. The van der Waals surface area contributed by atoms with Crippen LogP contribution < -0.4 is 14.8 Å². The number of alkyl halides is 2. The van der Waals surface area contributed by atoms with Gasteiger partial charge in [-0.3, -0.25) is 0 Å². The van der Waals surface area contributed by atoms with E-state index in [-0.39, 0.29) is 11.8 Å². The highest BCUT2D eigenvalue weighted by Crippen LogP contribution is 2.49. The van der Waals surface area contributed by atoms with Crippen molar-refractivity contribution in [1.29, 1.82) is 0 Å². The van der Waals surface area contributed by atoms with Gasteiger partial charge >= 0.3 is 6.61 Å². The van der Waals surface area contributed by atoms with Crippen molar-refractivity contribution in [2.75, 3.05) is 13.1 Å². The van der Waals surface area contributed by atoms with Gasteiger partial charge in [0, 0.05) is 37.9 Å². The van der Waals surface area contributed by atoms with E-state index in [2.05, 4.69) is 21.1 Å². The lowest BCUT2D eigenvalue weighted by Gasteiger charge is -2.49. The number of hydrogen-bond acceptors (Lipinski definition) is 5. The fraction of sp³-hybridized carbons (Fsp3) is 0.381. The molecule has 146 valence electrons. The minimum absolute atomic E-state index is 0.120. The van der Waals surface area contributed by atoms with Crippen molar-refractivity contribution < 1.29 is 18.3 Å². The Morgan fingerprint density at radius 3 is 2.61 bits per heavy atom. The Hall–Kier alpha value is -2.67. The van der Waals surface area contributed by atoms with Crippen LogP contribution in [-0.2, 0) is 0 Å². The molecular weight excluding hydrogens is 364 g/mol. The second kappa shape index (κ2) is 6.74. The molecule has 0 aliphatic carbocycles. The molecule has 0 aromatic heterocycles. The molecule has 28 heavy (non-hydrogen) atoms. The summed E-state index contributed by atoms with van der Waals surface area (Å²) in [7, 11) is 0. The quantitative estimate of drug-likeness (QED) is 0.870. The lowest BCUT2D eigenvalue weighted by molar-refractivity contribution is -0.136. The molecular formula is C21H21F2N3O2. The predicted molar refractivity (Wildman–Crippen MR) is 101 cm³/mol. The summed E-state index contributed by atoms with van der Waals surface area (Å²) in [6, 6.07) is 15.0. The second-order valence-electron chi connectivity index (χ2n) is 7.35. The molecule has 1 fully saturated rings. The molecule has 3 aliphatic heterocycles. The summed E-state index contributed by atoms with van der Waals surface area (Å²) in [5, 5.41) is 10.5. The third-order valence-corrected chi connectivity index (χ3v) is 5.70. The van der Waals surface area contributed by atoms with Gasteiger partial charge in [-0.1, -0.05) is 18.2 Å². The first-order valence-electron chi connectivity index (χ1n) is 9.55. The monoisotopic (exact) mass is 385 g/mol. The van der Waals surface area contributed by atoms with Crippen LogP contribution in [0.4, 0.5) is 8.78 Å². The van der Waals surface area contributed by atoms with E-state index < -0.39 is 12.3 Å². The zero-order valence-electron chi connectivity index (χ0n) is 15.3. The number of halogens is 2. The van der Waals surface area contributed by atoms with E-state index in [1.807, 2.05) is 18.2 Å². The first kappa shape index (κ1) is 17.4. The number of ether oxygens (including phenoxy) is 2. The first-order chi connectivity index (χ1) is 13.6. The first-order valence-corrected chi connectivity index (χ1v) is 9.55. The molecule has 0 bridgehead atoms. The molecule has 3 heterocycles. The number of nitrogens with one attached hydrogen (secondary N) is 1. The van der Waals surface area contributed by atoms with Crippen LogP contribution in [0.5, 0.6) is 11.5 Å². The molecule has 1 N–H and O–H groups in total. The molecule has 5 nitrogen and oxygen atoms in total. The van der Waals surface area contributed by atoms with Crippen LogP contribution >= 0.6 is 0 Å². The number of benzene rings is 2. The number of hydrazone groups is 1. The molecule has 1 atom stereocenters. The van der Waals surface area contributed by atoms with Crippen LogP contribution in [-0.4, -0.2) is 36.1 Å². The highest BCUT2D eigenvalue weighted by Gasteiger charge is 2.50. The maximum absolute atomic E-state index is 12.4. The van der Waals surface area contributed by atoms with Gasteiger partial charge in [-0.15, -0.1) is 0 Å². The summed E-state index contributed by atoms with van der Waals surface area (Å²) in [4.78, 5) is 0. The van der Waals surface area contributed by atoms with E-state index in [9.17, 15) is 8.78 Å². The number of nitrogens with zero attached hydrogens (tertiary/aromatic N) is 2. The van der Waals surface area contributed by atoms with Crippen LogP contribution in [0.25, 0.3) is 0 Å². The van der Waals surface area contributed by atoms with E-state index in [0.717, 1.165) is 54.9 Å². The standard InChI is InChI=1S/C21H21F2N3O2/c22-20(23)27-15-7-5-14(6-8-15)17-13-18-16-3-1-2-4-19(16)28-21(26(18)25-17)9-11-24-12-10-21/h1-8,18,20,24H,9-13H2. The molecule has 0 amide bonds. The Balaban J connectivity index is 1.49. The molecule has 0 radical (unpaired) electrons. The van der Waals surface area contributed by atoms with Gasteiger partial charge in [0.2, 0.25) is 5.72 Å². The van der Waals surface area contributed by atoms with Crippen molar-refractivity contribution in [3.63, 3.8) is 0 Å². The van der Waals surface area contributed by atoms with E-state index in [1.165, 1.54) is 0 Å². The van der Waals surface area contributed by atoms with Gasteiger partial charge in [-0.05, 0) is 35.9 Å². The highest BCUT2D eigenvalue weighted by molar-refractivity contribution is 6.02. The number of fused-ring (bicyclic) bond motifs is 4.